The van der Waals surface area contributed by atoms with Gasteiger partial charge in [0.25, 0.3) is 0 Å². The highest BCUT2D eigenvalue weighted by Crippen LogP contribution is 2.64. The van der Waals surface area contributed by atoms with Crippen molar-refractivity contribution in [1.29, 1.82) is 0 Å². The Bertz CT molecular complexity index is 189. The topological polar surface area (TPSA) is 12.5 Å². The smallest absolute Gasteiger partial charge is 0.0951 e. The second kappa shape index (κ2) is 1.29. The lowest BCUT2D eigenvalue weighted by Gasteiger charge is -2.48. The maximum absolute atomic E-state index is 5.69. The number of ether oxygens (including phenoxy) is 1. The molecule has 1 saturated heterocycles. The number of hydrogen-bond donors (Lipinski definition) is 0. The van der Waals surface area contributed by atoms with Gasteiger partial charge in [0.1, 0.15) is 0 Å². The number of hydrogen-bond acceptors (Lipinski definition) is 1. The van der Waals surface area contributed by atoms with Crippen LogP contribution in [0, 0.1) is 17.8 Å². The Morgan fingerprint density at radius 3 is 2.70 bits per heavy atom. The van der Waals surface area contributed by atoms with Crippen LogP contribution in [0.4, 0.5) is 0 Å². The Hall–Kier alpha value is -0.0400. The largest absolute Gasteiger partial charge is 0.366 e. The molecular weight excluding hydrogens is 124 g/mol. The normalized spacial score (nSPS) is 70.2. The maximum atomic E-state index is 5.69. The fraction of sp³-hybridized carbons (Fsp3) is 1.00. The standard InChI is InChI=1S/C9H14O/c1-5-6-3-7(5)9(2)8(4-6)10-9/h5-8H,3-4H2,1-2H3/t5-,6+,7+,8-,9+/m1/s1. The first-order chi connectivity index (χ1) is 4.72. The molecule has 0 unspecified atom stereocenters. The number of epoxide rings is 1. The average molecular weight is 138 g/mol. The lowest BCUT2D eigenvalue weighted by Crippen LogP contribution is -2.48. The summed E-state index contributed by atoms with van der Waals surface area (Å²) in [6.45, 7) is 4.69. The van der Waals surface area contributed by atoms with E-state index in [9.17, 15) is 0 Å². The van der Waals surface area contributed by atoms with Gasteiger partial charge in [0.05, 0.1) is 11.7 Å². The molecule has 56 valence electrons. The van der Waals surface area contributed by atoms with Crippen LogP contribution in [0.1, 0.15) is 26.7 Å². The Morgan fingerprint density at radius 2 is 2.20 bits per heavy atom. The van der Waals surface area contributed by atoms with E-state index in [1.165, 1.54) is 12.8 Å². The first-order valence-electron chi connectivity index (χ1n) is 4.39. The van der Waals surface area contributed by atoms with Crippen molar-refractivity contribution in [2.24, 2.45) is 17.8 Å². The molecule has 3 aliphatic carbocycles. The molecule has 4 aliphatic rings. The summed E-state index contributed by atoms with van der Waals surface area (Å²) in [6.07, 6.45) is 3.47. The van der Waals surface area contributed by atoms with Crippen LogP contribution in [-0.4, -0.2) is 11.7 Å². The van der Waals surface area contributed by atoms with Gasteiger partial charge in [-0.25, -0.2) is 0 Å². The van der Waals surface area contributed by atoms with Gasteiger partial charge in [-0.2, -0.15) is 0 Å². The zero-order valence-electron chi connectivity index (χ0n) is 6.63. The molecule has 1 heterocycles. The highest BCUT2D eigenvalue weighted by molar-refractivity contribution is 5.16. The molecule has 4 rings (SSSR count). The Labute approximate surface area is 61.8 Å². The molecule has 0 radical (unpaired) electrons. The zero-order chi connectivity index (χ0) is 6.93. The second-order valence-electron chi connectivity index (χ2n) is 4.49. The maximum Gasteiger partial charge on any atom is 0.0951 e. The fourth-order valence-corrected chi connectivity index (χ4v) is 3.11. The summed E-state index contributed by atoms with van der Waals surface area (Å²) in [7, 11) is 0. The Kier molecular flexibility index (Phi) is 0.722. The van der Waals surface area contributed by atoms with E-state index in [4.69, 9.17) is 4.74 Å². The van der Waals surface area contributed by atoms with Gasteiger partial charge in [-0.15, -0.1) is 0 Å². The van der Waals surface area contributed by atoms with E-state index in [1.807, 2.05) is 0 Å². The third-order valence-electron chi connectivity index (χ3n) is 4.17. The van der Waals surface area contributed by atoms with Gasteiger partial charge in [-0.3, -0.25) is 0 Å². The molecule has 10 heavy (non-hydrogen) atoms. The summed E-state index contributed by atoms with van der Waals surface area (Å²) in [5, 5.41) is 0. The summed E-state index contributed by atoms with van der Waals surface area (Å²) in [4.78, 5) is 0. The molecule has 5 atom stereocenters. The molecular formula is C9H14O. The minimum Gasteiger partial charge on any atom is -0.366 e. The molecule has 1 nitrogen and oxygen atoms in total. The lowest BCUT2D eigenvalue weighted by molar-refractivity contribution is 0.00827. The van der Waals surface area contributed by atoms with Crippen molar-refractivity contribution in [3.05, 3.63) is 0 Å². The molecule has 1 heteroatoms. The number of rotatable bonds is 0. The summed E-state index contributed by atoms with van der Waals surface area (Å²) < 4.78 is 5.69. The van der Waals surface area contributed by atoms with Crippen molar-refractivity contribution in [3.63, 3.8) is 0 Å². The van der Waals surface area contributed by atoms with Crippen molar-refractivity contribution in [2.75, 3.05) is 0 Å². The Balaban J connectivity index is 1.94. The summed E-state index contributed by atoms with van der Waals surface area (Å²) in [6, 6.07) is 0. The van der Waals surface area contributed by atoms with E-state index in [0.717, 1.165) is 17.8 Å². The van der Waals surface area contributed by atoms with E-state index >= 15 is 0 Å². The van der Waals surface area contributed by atoms with Gasteiger partial charge >= 0.3 is 0 Å². The van der Waals surface area contributed by atoms with Crippen LogP contribution in [-0.2, 0) is 4.74 Å². The minimum absolute atomic E-state index is 0.341. The average Bonchev–Trinajstić information content (AvgIpc) is 2.57. The quantitative estimate of drug-likeness (QED) is 0.465. The van der Waals surface area contributed by atoms with Crippen LogP contribution in [0.3, 0.4) is 0 Å². The first-order valence-corrected chi connectivity index (χ1v) is 4.39. The highest BCUT2D eigenvalue weighted by Gasteiger charge is 2.68. The van der Waals surface area contributed by atoms with E-state index in [-0.39, 0.29) is 0 Å². The minimum atomic E-state index is 0.341. The third-order valence-corrected chi connectivity index (χ3v) is 4.17. The van der Waals surface area contributed by atoms with Gasteiger partial charge in [-0.1, -0.05) is 6.92 Å². The zero-order valence-corrected chi connectivity index (χ0v) is 6.63. The van der Waals surface area contributed by atoms with E-state index in [1.54, 1.807) is 0 Å². The molecule has 0 amide bonds. The van der Waals surface area contributed by atoms with Crippen molar-refractivity contribution >= 4 is 0 Å². The van der Waals surface area contributed by atoms with Crippen LogP contribution in [0.5, 0.6) is 0 Å². The van der Waals surface area contributed by atoms with Gasteiger partial charge < -0.3 is 4.74 Å². The van der Waals surface area contributed by atoms with Gasteiger partial charge in [0, 0.05) is 0 Å². The third kappa shape index (κ3) is 0.402. The van der Waals surface area contributed by atoms with Gasteiger partial charge in [0.2, 0.25) is 0 Å². The van der Waals surface area contributed by atoms with Crippen molar-refractivity contribution in [1.82, 2.24) is 0 Å². The van der Waals surface area contributed by atoms with Crippen LogP contribution in [0.2, 0.25) is 0 Å². The second-order valence-corrected chi connectivity index (χ2v) is 4.49. The summed E-state index contributed by atoms with van der Waals surface area (Å²) in [5.41, 5.74) is 0.341. The predicted molar refractivity (Wildman–Crippen MR) is 38.7 cm³/mol. The van der Waals surface area contributed by atoms with Gasteiger partial charge in [0.15, 0.2) is 0 Å². The Morgan fingerprint density at radius 1 is 1.40 bits per heavy atom. The lowest BCUT2D eigenvalue weighted by atomic mass is 9.54. The molecule has 0 aromatic heterocycles. The van der Waals surface area contributed by atoms with Crippen LogP contribution in [0.25, 0.3) is 0 Å². The first kappa shape index (κ1) is 5.59. The van der Waals surface area contributed by atoms with Crippen LogP contribution in [0.15, 0.2) is 0 Å². The monoisotopic (exact) mass is 138 g/mol. The highest BCUT2D eigenvalue weighted by atomic mass is 16.6. The summed E-state index contributed by atoms with van der Waals surface area (Å²) in [5.74, 6) is 2.89. The molecule has 0 aromatic rings. The SMILES string of the molecule is C[C@@H]1[C@@H]2C[C@H]3O[C@@]3(C)[C@H]1C2. The van der Waals surface area contributed by atoms with Crippen molar-refractivity contribution in [2.45, 2.75) is 38.4 Å². The molecule has 0 spiro atoms. The van der Waals surface area contributed by atoms with E-state index in [0.29, 0.717) is 11.7 Å². The van der Waals surface area contributed by atoms with Gasteiger partial charge in [-0.05, 0) is 37.5 Å². The van der Waals surface area contributed by atoms with E-state index < -0.39 is 0 Å². The predicted octanol–water partition coefficient (Wildman–Crippen LogP) is 1.82. The molecule has 4 fully saturated rings. The molecule has 1 aliphatic heterocycles. The molecule has 3 saturated carbocycles. The van der Waals surface area contributed by atoms with Crippen molar-refractivity contribution in [3.8, 4) is 0 Å². The van der Waals surface area contributed by atoms with Crippen LogP contribution >= 0.6 is 0 Å². The fourth-order valence-electron chi connectivity index (χ4n) is 3.11. The molecule has 0 aromatic carbocycles. The summed E-state index contributed by atoms with van der Waals surface area (Å²) >= 11 is 0. The van der Waals surface area contributed by atoms with Crippen molar-refractivity contribution < 1.29 is 4.74 Å². The molecule has 0 N–H and O–H groups in total. The van der Waals surface area contributed by atoms with Crippen LogP contribution < -0.4 is 0 Å². The van der Waals surface area contributed by atoms with E-state index in [2.05, 4.69) is 13.8 Å². The molecule has 2 bridgehead atoms.